The van der Waals surface area contributed by atoms with Crippen molar-refractivity contribution in [2.45, 2.75) is 33.0 Å². The van der Waals surface area contributed by atoms with Crippen LogP contribution in [0, 0.1) is 13.8 Å². The Balaban J connectivity index is 1.43. The monoisotopic (exact) mass is 491 g/mol. The van der Waals surface area contributed by atoms with Crippen molar-refractivity contribution in [1.82, 2.24) is 9.72 Å². The Bertz CT molecular complexity index is 1440. The number of aliphatic hydroxyl groups is 2. The zero-order valence-corrected chi connectivity index (χ0v) is 20.2. The van der Waals surface area contributed by atoms with Gasteiger partial charge in [0.25, 0.3) is 0 Å². The van der Waals surface area contributed by atoms with Crippen molar-refractivity contribution < 1.29 is 19.5 Å². The maximum Gasteiger partial charge on any atom is 0.440 e. The Kier molecular flexibility index (Phi) is 7.72. The normalized spacial score (nSPS) is 11.9. The highest BCUT2D eigenvalue weighted by atomic mass is 16.5. The molecule has 0 radical (unpaired) electrons. The van der Waals surface area contributed by atoms with Gasteiger partial charge in [0, 0.05) is 12.2 Å². The number of H-pyrrole nitrogens is 1. The zero-order valence-electron chi connectivity index (χ0n) is 20.2. The van der Waals surface area contributed by atoms with E-state index in [1.54, 1.807) is 0 Å². The van der Waals surface area contributed by atoms with Crippen LogP contribution in [0.1, 0.15) is 22.3 Å². The molecule has 9 heteroatoms. The van der Waals surface area contributed by atoms with Crippen LogP contribution in [0.3, 0.4) is 0 Å². The van der Waals surface area contributed by atoms with Crippen LogP contribution in [-0.2, 0) is 13.1 Å². The van der Waals surface area contributed by atoms with Crippen LogP contribution in [0.5, 0.6) is 5.75 Å². The van der Waals surface area contributed by atoms with Gasteiger partial charge in [0.2, 0.25) is 0 Å². The molecule has 1 heterocycles. The SMILES string of the molecule is Cc1cc(OC[C@@H](O)CO)ccc1-c1cccc(CNc2ccc(Cn3oc(=O)[nH]c3=O)cc2)c1C. The first-order chi connectivity index (χ1) is 17.3. The standard InChI is InChI=1S/C27H29N3O6/c1-17-12-23(35-16-22(32)15-31)10-11-24(17)25-5-3-4-20(18(25)2)13-28-21-8-6-19(7-9-21)14-30-26(33)29-27(34)36-30/h3-12,22,28,31-32H,13-16H2,1-2H3,(H,29,33,34)/t22-/m0/s1. The molecule has 9 nitrogen and oxygen atoms in total. The predicted octanol–water partition coefficient (Wildman–Crippen LogP) is 2.81. The third-order valence-corrected chi connectivity index (χ3v) is 5.98. The number of aryl methyl sites for hydroxylation is 1. The topological polar surface area (TPSA) is 130 Å². The summed E-state index contributed by atoms with van der Waals surface area (Å²) in [6.07, 6.45) is -0.904. The van der Waals surface area contributed by atoms with Gasteiger partial charge in [0.15, 0.2) is 0 Å². The van der Waals surface area contributed by atoms with Gasteiger partial charge in [-0.25, -0.2) is 14.6 Å². The molecule has 0 saturated carbocycles. The summed E-state index contributed by atoms with van der Waals surface area (Å²) in [4.78, 5) is 24.8. The lowest BCUT2D eigenvalue weighted by Gasteiger charge is -2.16. The molecule has 4 N–H and O–H groups in total. The lowest BCUT2D eigenvalue weighted by molar-refractivity contribution is 0.0536. The van der Waals surface area contributed by atoms with Gasteiger partial charge in [-0.15, -0.1) is 4.74 Å². The molecule has 0 amide bonds. The van der Waals surface area contributed by atoms with E-state index in [-0.39, 0.29) is 19.8 Å². The first kappa shape index (κ1) is 25.0. The van der Waals surface area contributed by atoms with Gasteiger partial charge in [-0.1, -0.05) is 36.4 Å². The number of aliphatic hydroxyl groups excluding tert-OH is 2. The Morgan fingerprint density at radius 3 is 2.50 bits per heavy atom. The van der Waals surface area contributed by atoms with Gasteiger partial charge in [0.05, 0.1) is 13.2 Å². The summed E-state index contributed by atoms with van der Waals surface area (Å²) in [6, 6.07) is 19.6. The molecule has 0 bridgehead atoms. The van der Waals surface area contributed by atoms with Crippen LogP contribution >= 0.6 is 0 Å². The van der Waals surface area contributed by atoms with Crippen LogP contribution in [0.4, 0.5) is 5.69 Å². The van der Waals surface area contributed by atoms with E-state index in [1.807, 2.05) is 55.5 Å². The molecule has 4 rings (SSSR count). The number of rotatable bonds is 10. The van der Waals surface area contributed by atoms with Crippen LogP contribution in [-0.4, -0.2) is 39.3 Å². The molecule has 0 aliphatic heterocycles. The lowest BCUT2D eigenvalue weighted by atomic mass is 9.93. The Hall–Kier alpha value is -4.08. The minimum atomic E-state index is -0.904. The number of ether oxygens (including phenoxy) is 1. The number of hydrogen-bond donors (Lipinski definition) is 4. The summed E-state index contributed by atoms with van der Waals surface area (Å²) in [5.41, 5.74) is 6.77. The van der Waals surface area contributed by atoms with E-state index in [1.165, 1.54) is 0 Å². The molecule has 0 aliphatic rings. The summed E-state index contributed by atoms with van der Waals surface area (Å²) < 4.78 is 11.4. The van der Waals surface area contributed by atoms with Gasteiger partial charge in [-0.3, -0.25) is 0 Å². The number of benzene rings is 3. The van der Waals surface area contributed by atoms with E-state index in [9.17, 15) is 14.7 Å². The number of nitrogens with zero attached hydrogens (tertiary/aromatic N) is 1. The second-order valence-electron chi connectivity index (χ2n) is 8.61. The molecule has 0 unspecified atom stereocenters. The molecule has 3 aromatic carbocycles. The molecular formula is C27H29N3O6. The average Bonchev–Trinajstić information content (AvgIpc) is 3.19. The molecule has 0 fully saturated rings. The van der Waals surface area contributed by atoms with Crippen molar-refractivity contribution >= 4 is 5.69 Å². The van der Waals surface area contributed by atoms with Crippen molar-refractivity contribution in [3.63, 3.8) is 0 Å². The summed E-state index contributed by atoms with van der Waals surface area (Å²) in [5.74, 6) is -0.126. The van der Waals surface area contributed by atoms with Crippen molar-refractivity contribution in [1.29, 1.82) is 0 Å². The molecule has 1 aromatic heterocycles. The van der Waals surface area contributed by atoms with E-state index in [0.29, 0.717) is 12.3 Å². The van der Waals surface area contributed by atoms with Gasteiger partial charge in [-0.05, 0) is 71.5 Å². The summed E-state index contributed by atoms with van der Waals surface area (Å²) in [5, 5.41) is 21.9. The summed E-state index contributed by atoms with van der Waals surface area (Å²) in [6.45, 7) is 4.62. The molecular weight excluding hydrogens is 462 g/mol. The predicted molar refractivity (Wildman–Crippen MR) is 136 cm³/mol. The molecule has 188 valence electrons. The van der Waals surface area contributed by atoms with Gasteiger partial charge in [-0.2, -0.15) is 0 Å². The second-order valence-corrected chi connectivity index (χ2v) is 8.61. The fraction of sp³-hybridized carbons (Fsp3) is 0.259. The third kappa shape index (κ3) is 5.94. The van der Waals surface area contributed by atoms with Crippen molar-refractivity contribution in [3.8, 4) is 16.9 Å². The lowest BCUT2D eigenvalue weighted by Crippen LogP contribution is -2.21. The van der Waals surface area contributed by atoms with Crippen molar-refractivity contribution in [3.05, 3.63) is 104 Å². The van der Waals surface area contributed by atoms with Crippen molar-refractivity contribution in [2.75, 3.05) is 18.5 Å². The highest BCUT2D eigenvalue weighted by molar-refractivity contribution is 5.72. The maximum atomic E-state index is 11.6. The van der Waals surface area contributed by atoms with Gasteiger partial charge in [0.1, 0.15) is 18.5 Å². The minimum absolute atomic E-state index is 0.0392. The van der Waals surface area contributed by atoms with E-state index in [0.717, 1.165) is 43.8 Å². The zero-order chi connectivity index (χ0) is 25.7. The number of aromatic amines is 1. The molecule has 36 heavy (non-hydrogen) atoms. The van der Waals surface area contributed by atoms with E-state index < -0.39 is 17.5 Å². The van der Waals surface area contributed by atoms with Crippen LogP contribution < -0.4 is 21.5 Å². The maximum absolute atomic E-state index is 11.6. The Morgan fingerprint density at radius 2 is 1.83 bits per heavy atom. The molecule has 4 aromatic rings. The fourth-order valence-electron chi connectivity index (χ4n) is 3.95. The number of hydrogen-bond acceptors (Lipinski definition) is 7. The van der Waals surface area contributed by atoms with E-state index in [4.69, 9.17) is 14.4 Å². The van der Waals surface area contributed by atoms with Crippen LogP contribution in [0.2, 0.25) is 0 Å². The fourth-order valence-corrected chi connectivity index (χ4v) is 3.95. The van der Waals surface area contributed by atoms with Crippen molar-refractivity contribution in [2.24, 2.45) is 0 Å². The summed E-state index contributed by atoms with van der Waals surface area (Å²) >= 11 is 0. The highest BCUT2D eigenvalue weighted by Gasteiger charge is 2.11. The van der Waals surface area contributed by atoms with Gasteiger partial charge < -0.3 is 24.8 Å². The van der Waals surface area contributed by atoms with E-state index >= 15 is 0 Å². The smallest absolute Gasteiger partial charge is 0.440 e. The first-order valence-electron chi connectivity index (χ1n) is 11.6. The highest BCUT2D eigenvalue weighted by Crippen LogP contribution is 2.31. The average molecular weight is 492 g/mol. The molecule has 0 saturated heterocycles. The largest absolute Gasteiger partial charge is 0.491 e. The number of aromatic nitrogens is 2. The quantitative estimate of drug-likeness (QED) is 0.268. The van der Waals surface area contributed by atoms with Crippen LogP contribution in [0.25, 0.3) is 11.1 Å². The molecule has 0 spiro atoms. The number of anilines is 1. The Morgan fingerprint density at radius 1 is 1.06 bits per heavy atom. The van der Waals surface area contributed by atoms with Gasteiger partial charge >= 0.3 is 11.4 Å². The molecule has 1 atom stereocenters. The Labute approximate surface area is 207 Å². The molecule has 0 aliphatic carbocycles. The second kappa shape index (κ2) is 11.1. The first-order valence-corrected chi connectivity index (χ1v) is 11.6. The third-order valence-electron chi connectivity index (χ3n) is 5.98. The summed E-state index contributed by atoms with van der Waals surface area (Å²) in [7, 11) is 0. The number of nitrogens with one attached hydrogen (secondary N) is 2. The minimum Gasteiger partial charge on any atom is -0.491 e. The van der Waals surface area contributed by atoms with Crippen LogP contribution in [0.15, 0.2) is 74.8 Å². The van der Waals surface area contributed by atoms with E-state index in [2.05, 4.69) is 29.4 Å².